The van der Waals surface area contributed by atoms with Crippen LogP contribution in [0, 0.1) is 0 Å². The van der Waals surface area contributed by atoms with Crippen LogP contribution in [0.15, 0.2) is 12.7 Å². The molecule has 0 aromatic carbocycles. The predicted octanol–water partition coefficient (Wildman–Crippen LogP) is 0.129. The van der Waals surface area contributed by atoms with Crippen LogP contribution in [0.2, 0.25) is 0 Å². The van der Waals surface area contributed by atoms with Crippen molar-refractivity contribution >= 4 is 6.03 Å². The van der Waals surface area contributed by atoms with Crippen molar-refractivity contribution in [2.24, 2.45) is 0 Å². The van der Waals surface area contributed by atoms with Gasteiger partial charge in [0.1, 0.15) is 0 Å². The lowest BCUT2D eigenvalue weighted by atomic mass is 10.3. The van der Waals surface area contributed by atoms with Gasteiger partial charge in [-0.3, -0.25) is 0 Å². The molecule has 2 amide bonds. The molecular weight excluding hydrogens is 166 g/mol. The number of rotatable bonds is 2. The monoisotopic (exact) mass is 183 g/mol. The Balaban J connectivity index is 2.27. The number of carbonyl (C=O) groups is 1. The van der Waals surface area contributed by atoms with Gasteiger partial charge in [0, 0.05) is 32.7 Å². The van der Waals surface area contributed by atoms with Crippen molar-refractivity contribution < 1.29 is 4.79 Å². The van der Waals surface area contributed by atoms with Crippen LogP contribution in [0.4, 0.5) is 4.79 Å². The van der Waals surface area contributed by atoms with E-state index in [1.807, 2.05) is 4.90 Å². The lowest BCUT2D eigenvalue weighted by Gasteiger charge is -2.32. The number of nitrogens with zero attached hydrogens (tertiary/aromatic N) is 2. The van der Waals surface area contributed by atoms with Crippen molar-refractivity contribution in [1.82, 2.24) is 15.1 Å². The van der Waals surface area contributed by atoms with Gasteiger partial charge in [0.25, 0.3) is 0 Å². The maximum Gasteiger partial charge on any atom is 0.317 e. The SMILES string of the molecule is C=CCNC(=O)N1CCN(C)CC1. The van der Waals surface area contributed by atoms with Crippen LogP contribution in [-0.4, -0.2) is 55.6 Å². The highest BCUT2D eigenvalue weighted by Gasteiger charge is 2.17. The molecule has 1 aliphatic rings. The minimum atomic E-state index is 0.0213. The van der Waals surface area contributed by atoms with E-state index in [4.69, 9.17) is 0 Å². The van der Waals surface area contributed by atoms with Gasteiger partial charge in [-0.15, -0.1) is 6.58 Å². The van der Waals surface area contributed by atoms with E-state index < -0.39 is 0 Å². The van der Waals surface area contributed by atoms with E-state index in [1.165, 1.54) is 0 Å². The van der Waals surface area contributed by atoms with E-state index in [0.717, 1.165) is 26.2 Å². The van der Waals surface area contributed by atoms with Gasteiger partial charge in [0.2, 0.25) is 0 Å². The van der Waals surface area contributed by atoms with Crippen LogP contribution < -0.4 is 5.32 Å². The quantitative estimate of drug-likeness (QED) is 0.618. The van der Waals surface area contributed by atoms with E-state index in [0.29, 0.717) is 6.54 Å². The fourth-order valence-electron chi connectivity index (χ4n) is 1.28. The second-order valence-electron chi connectivity index (χ2n) is 3.27. The fourth-order valence-corrected chi connectivity index (χ4v) is 1.28. The lowest BCUT2D eigenvalue weighted by molar-refractivity contribution is 0.155. The summed E-state index contributed by atoms with van der Waals surface area (Å²) in [6.45, 7) is 7.65. The van der Waals surface area contributed by atoms with Crippen molar-refractivity contribution in [1.29, 1.82) is 0 Å². The van der Waals surface area contributed by atoms with Crippen LogP contribution in [0.1, 0.15) is 0 Å². The zero-order valence-electron chi connectivity index (χ0n) is 8.12. The Kier molecular flexibility index (Phi) is 3.76. The van der Waals surface area contributed by atoms with Crippen LogP contribution in [0.5, 0.6) is 0 Å². The molecule has 0 unspecified atom stereocenters. The van der Waals surface area contributed by atoms with Crippen LogP contribution in [0.3, 0.4) is 0 Å². The summed E-state index contributed by atoms with van der Waals surface area (Å²) < 4.78 is 0. The van der Waals surface area contributed by atoms with E-state index in [2.05, 4.69) is 23.8 Å². The normalized spacial score (nSPS) is 18.4. The Bertz CT molecular complexity index is 185. The molecule has 0 aliphatic carbocycles. The van der Waals surface area contributed by atoms with E-state index in [1.54, 1.807) is 6.08 Å². The second kappa shape index (κ2) is 4.87. The summed E-state index contributed by atoms with van der Waals surface area (Å²) in [6, 6.07) is 0.0213. The molecule has 4 heteroatoms. The third kappa shape index (κ3) is 3.06. The van der Waals surface area contributed by atoms with Crippen LogP contribution in [0.25, 0.3) is 0 Å². The maximum atomic E-state index is 11.4. The summed E-state index contributed by atoms with van der Waals surface area (Å²) in [5, 5.41) is 2.77. The Labute approximate surface area is 79.2 Å². The predicted molar refractivity (Wildman–Crippen MR) is 52.7 cm³/mol. The fraction of sp³-hybridized carbons (Fsp3) is 0.667. The molecular formula is C9H17N3O. The van der Waals surface area contributed by atoms with Gasteiger partial charge >= 0.3 is 6.03 Å². The Morgan fingerprint density at radius 1 is 1.46 bits per heavy atom. The average Bonchev–Trinajstić information content (AvgIpc) is 2.15. The molecule has 0 bridgehead atoms. The third-order valence-electron chi connectivity index (χ3n) is 2.19. The number of carbonyl (C=O) groups excluding carboxylic acids is 1. The first-order valence-electron chi connectivity index (χ1n) is 4.56. The second-order valence-corrected chi connectivity index (χ2v) is 3.27. The number of hydrogen-bond acceptors (Lipinski definition) is 2. The Hall–Kier alpha value is -1.03. The van der Waals surface area contributed by atoms with Crippen molar-refractivity contribution in [3.05, 3.63) is 12.7 Å². The van der Waals surface area contributed by atoms with Crippen molar-refractivity contribution in [3.8, 4) is 0 Å². The Morgan fingerprint density at radius 2 is 2.08 bits per heavy atom. The largest absolute Gasteiger partial charge is 0.335 e. The molecule has 1 N–H and O–H groups in total. The first kappa shape index (κ1) is 10.1. The summed E-state index contributed by atoms with van der Waals surface area (Å²) in [5.74, 6) is 0. The highest BCUT2D eigenvalue weighted by Crippen LogP contribution is 1.98. The molecule has 0 radical (unpaired) electrons. The lowest BCUT2D eigenvalue weighted by Crippen LogP contribution is -2.50. The van der Waals surface area contributed by atoms with Gasteiger partial charge in [0.15, 0.2) is 0 Å². The summed E-state index contributed by atoms with van der Waals surface area (Å²) >= 11 is 0. The molecule has 0 atom stereocenters. The van der Waals surface area contributed by atoms with Crippen LogP contribution >= 0.6 is 0 Å². The molecule has 1 aliphatic heterocycles. The summed E-state index contributed by atoms with van der Waals surface area (Å²) in [7, 11) is 2.07. The van der Waals surface area contributed by atoms with Crippen LogP contribution in [-0.2, 0) is 0 Å². The zero-order chi connectivity index (χ0) is 9.68. The summed E-state index contributed by atoms with van der Waals surface area (Å²) in [6.07, 6.45) is 1.69. The zero-order valence-corrected chi connectivity index (χ0v) is 8.12. The molecule has 1 fully saturated rings. The van der Waals surface area contributed by atoms with E-state index in [9.17, 15) is 4.79 Å². The maximum absolute atomic E-state index is 11.4. The molecule has 13 heavy (non-hydrogen) atoms. The van der Waals surface area contributed by atoms with Gasteiger partial charge in [0.05, 0.1) is 0 Å². The highest BCUT2D eigenvalue weighted by atomic mass is 16.2. The average molecular weight is 183 g/mol. The summed E-state index contributed by atoms with van der Waals surface area (Å²) in [4.78, 5) is 15.5. The number of nitrogens with one attached hydrogen (secondary N) is 1. The number of piperazine rings is 1. The van der Waals surface area contributed by atoms with Gasteiger partial charge in [-0.2, -0.15) is 0 Å². The third-order valence-corrected chi connectivity index (χ3v) is 2.19. The number of hydrogen-bond donors (Lipinski definition) is 1. The molecule has 1 rings (SSSR count). The standard InChI is InChI=1S/C9H17N3O/c1-3-4-10-9(13)12-7-5-11(2)6-8-12/h3H,1,4-8H2,2H3,(H,10,13). The molecule has 1 saturated heterocycles. The number of amides is 2. The highest BCUT2D eigenvalue weighted by molar-refractivity contribution is 5.74. The van der Waals surface area contributed by atoms with Gasteiger partial charge in [-0.05, 0) is 7.05 Å². The molecule has 0 spiro atoms. The topological polar surface area (TPSA) is 35.6 Å². The molecule has 0 aromatic rings. The molecule has 4 nitrogen and oxygen atoms in total. The Morgan fingerprint density at radius 3 is 2.62 bits per heavy atom. The number of urea groups is 1. The molecule has 0 saturated carbocycles. The van der Waals surface area contributed by atoms with Gasteiger partial charge in [-0.1, -0.05) is 6.08 Å². The van der Waals surface area contributed by atoms with Crippen molar-refractivity contribution in [2.45, 2.75) is 0 Å². The number of likely N-dealkylation sites (N-methyl/N-ethyl adjacent to an activating group) is 1. The first-order valence-corrected chi connectivity index (χ1v) is 4.56. The molecule has 1 heterocycles. The van der Waals surface area contributed by atoms with E-state index >= 15 is 0 Å². The smallest absolute Gasteiger partial charge is 0.317 e. The van der Waals surface area contributed by atoms with Crippen molar-refractivity contribution in [2.75, 3.05) is 39.8 Å². The minimum Gasteiger partial charge on any atom is -0.335 e. The molecule has 0 aromatic heterocycles. The first-order chi connectivity index (χ1) is 6.24. The minimum absolute atomic E-state index is 0.0213. The van der Waals surface area contributed by atoms with Crippen molar-refractivity contribution in [3.63, 3.8) is 0 Å². The molecule has 74 valence electrons. The van der Waals surface area contributed by atoms with E-state index in [-0.39, 0.29) is 6.03 Å². The van der Waals surface area contributed by atoms with Gasteiger partial charge < -0.3 is 15.1 Å². The summed E-state index contributed by atoms with van der Waals surface area (Å²) in [5.41, 5.74) is 0. The van der Waals surface area contributed by atoms with Gasteiger partial charge in [-0.25, -0.2) is 4.79 Å².